The first-order valence-corrected chi connectivity index (χ1v) is 4.88. The quantitative estimate of drug-likeness (QED) is 0.717. The molecule has 0 unspecified atom stereocenters. The lowest BCUT2D eigenvalue weighted by atomic mass is 10.2. The fourth-order valence-corrected chi connectivity index (χ4v) is 1.22. The van der Waals surface area contributed by atoms with E-state index >= 15 is 0 Å². The Morgan fingerprint density at radius 1 is 1.19 bits per heavy atom. The van der Waals surface area contributed by atoms with Gasteiger partial charge in [-0.1, -0.05) is 30.3 Å². The van der Waals surface area contributed by atoms with Crippen molar-refractivity contribution >= 4 is 5.97 Å². The molecular weight excluding hydrogens is 206 g/mol. The van der Waals surface area contributed by atoms with Gasteiger partial charge in [-0.25, -0.2) is 4.79 Å². The van der Waals surface area contributed by atoms with Gasteiger partial charge in [0, 0.05) is 0 Å². The van der Waals surface area contributed by atoms with E-state index in [2.05, 4.69) is 10.2 Å². The molecule has 1 aromatic carbocycles. The molecule has 0 aliphatic carbocycles. The van der Waals surface area contributed by atoms with Gasteiger partial charge in [0.25, 0.3) is 0 Å². The van der Waals surface area contributed by atoms with Crippen molar-refractivity contribution in [1.29, 1.82) is 0 Å². The number of nitrogens with zero attached hydrogens (tertiary/aromatic N) is 3. The van der Waals surface area contributed by atoms with Crippen molar-refractivity contribution in [2.24, 2.45) is 0 Å². The van der Waals surface area contributed by atoms with Crippen LogP contribution >= 0.6 is 0 Å². The second kappa shape index (κ2) is 5.06. The van der Waals surface area contributed by atoms with Crippen molar-refractivity contribution in [3.05, 3.63) is 48.3 Å². The lowest BCUT2D eigenvalue weighted by Crippen LogP contribution is -2.15. The third-order valence-corrected chi connectivity index (χ3v) is 1.98. The van der Waals surface area contributed by atoms with Gasteiger partial charge in [-0.05, 0) is 5.56 Å². The Kier molecular flexibility index (Phi) is 3.28. The van der Waals surface area contributed by atoms with Crippen LogP contribution in [0.2, 0.25) is 0 Å². The summed E-state index contributed by atoms with van der Waals surface area (Å²) in [7, 11) is 0. The molecule has 1 aromatic heterocycles. The van der Waals surface area contributed by atoms with Crippen LogP contribution in [0.4, 0.5) is 0 Å². The van der Waals surface area contributed by atoms with E-state index in [1.807, 2.05) is 30.3 Å². The summed E-state index contributed by atoms with van der Waals surface area (Å²) in [6, 6.07) is 9.52. The van der Waals surface area contributed by atoms with Crippen LogP contribution in [0.15, 0.2) is 42.7 Å². The van der Waals surface area contributed by atoms with Crippen molar-refractivity contribution in [2.45, 2.75) is 13.2 Å². The number of ether oxygens (including phenoxy) is 1. The molecule has 0 bridgehead atoms. The number of hydrogen-bond donors (Lipinski definition) is 0. The Bertz CT molecular complexity index is 440. The molecule has 0 saturated heterocycles. The van der Waals surface area contributed by atoms with Crippen LogP contribution in [0.5, 0.6) is 0 Å². The lowest BCUT2D eigenvalue weighted by Gasteiger charge is -2.03. The Morgan fingerprint density at radius 3 is 2.56 bits per heavy atom. The fourth-order valence-electron chi connectivity index (χ4n) is 1.22. The molecule has 0 saturated carbocycles. The molecule has 1 heterocycles. The second-order valence-electron chi connectivity index (χ2n) is 3.21. The average Bonchev–Trinajstić information content (AvgIpc) is 2.81. The highest BCUT2D eigenvalue weighted by Crippen LogP contribution is 2.00. The molecule has 0 amide bonds. The Morgan fingerprint density at radius 2 is 1.88 bits per heavy atom. The topological polar surface area (TPSA) is 57.0 Å². The van der Waals surface area contributed by atoms with Crippen LogP contribution in [0, 0.1) is 0 Å². The van der Waals surface area contributed by atoms with Crippen molar-refractivity contribution < 1.29 is 9.53 Å². The first-order valence-electron chi connectivity index (χ1n) is 4.88. The number of aromatic nitrogens is 3. The summed E-state index contributed by atoms with van der Waals surface area (Å²) < 4.78 is 5.06. The molecule has 82 valence electrons. The largest absolute Gasteiger partial charge is 0.459 e. The Balaban J connectivity index is 1.80. The summed E-state index contributed by atoms with van der Waals surface area (Å²) in [5.74, 6) is -0.347. The van der Waals surface area contributed by atoms with Crippen LogP contribution in [0.25, 0.3) is 0 Å². The molecule has 2 aromatic rings. The smallest absolute Gasteiger partial charge is 0.329 e. The van der Waals surface area contributed by atoms with Crippen LogP contribution in [-0.2, 0) is 22.7 Å². The van der Waals surface area contributed by atoms with Gasteiger partial charge in [0.2, 0.25) is 0 Å². The zero-order valence-electron chi connectivity index (χ0n) is 8.61. The van der Waals surface area contributed by atoms with Gasteiger partial charge >= 0.3 is 5.97 Å². The number of carbonyl (C=O) groups is 1. The van der Waals surface area contributed by atoms with Crippen LogP contribution in [0.1, 0.15) is 5.56 Å². The van der Waals surface area contributed by atoms with E-state index < -0.39 is 0 Å². The fraction of sp³-hybridized carbons (Fsp3) is 0.182. The predicted molar refractivity (Wildman–Crippen MR) is 56.3 cm³/mol. The van der Waals surface area contributed by atoms with Crippen molar-refractivity contribution in [2.75, 3.05) is 0 Å². The number of hydrogen-bond acceptors (Lipinski definition) is 4. The summed E-state index contributed by atoms with van der Waals surface area (Å²) in [5.41, 5.74) is 0.962. The van der Waals surface area contributed by atoms with E-state index in [9.17, 15) is 4.79 Å². The lowest BCUT2D eigenvalue weighted by molar-refractivity contribution is -0.146. The molecule has 5 nitrogen and oxygen atoms in total. The molecule has 0 spiro atoms. The molecule has 0 atom stereocenters. The van der Waals surface area contributed by atoms with Crippen LogP contribution < -0.4 is 0 Å². The molecule has 5 heteroatoms. The van der Waals surface area contributed by atoms with Gasteiger partial charge in [0.05, 0.1) is 12.4 Å². The van der Waals surface area contributed by atoms with Crippen LogP contribution in [0.3, 0.4) is 0 Å². The maximum Gasteiger partial charge on any atom is 0.329 e. The van der Waals surface area contributed by atoms with Gasteiger partial charge in [-0.3, -0.25) is 0 Å². The predicted octanol–water partition coefficient (Wildman–Crippen LogP) is 1.02. The van der Waals surface area contributed by atoms with Crippen molar-refractivity contribution in [3.8, 4) is 0 Å². The maximum absolute atomic E-state index is 11.4. The average molecular weight is 217 g/mol. The third-order valence-electron chi connectivity index (χ3n) is 1.98. The van der Waals surface area contributed by atoms with Gasteiger partial charge in [-0.15, -0.1) is 0 Å². The number of carbonyl (C=O) groups excluding carboxylic acids is 1. The molecule has 16 heavy (non-hydrogen) atoms. The molecule has 0 N–H and O–H groups in total. The summed E-state index contributed by atoms with van der Waals surface area (Å²) in [4.78, 5) is 12.6. The molecule has 0 fully saturated rings. The molecule has 0 radical (unpaired) electrons. The first-order chi connectivity index (χ1) is 7.84. The Labute approximate surface area is 92.7 Å². The van der Waals surface area contributed by atoms with Gasteiger partial charge in [0.1, 0.15) is 6.61 Å². The van der Waals surface area contributed by atoms with Gasteiger partial charge < -0.3 is 4.74 Å². The second-order valence-corrected chi connectivity index (χ2v) is 3.21. The first kappa shape index (κ1) is 10.4. The SMILES string of the molecule is O=C(Cn1nccn1)OCc1ccccc1. The molecular formula is C11H11N3O2. The van der Waals surface area contributed by atoms with Crippen molar-refractivity contribution in [3.63, 3.8) is 0 Å². The monoisotopic (exact) mass is 217 g/mol. The standard InChI is InChI=1S/C11H11N3O2/c15-11(8-14-12-6-7-13-14)16-9-10-4-2-1-3-5-10/h1-7H,8-9H2. The zero-order chi connectivity index (χ0) is 11.2. The van der Waals surface area contributed by atoms with Crippen LogP contribution in [-0.4, -0.2) is 21.0 Å². The molecule has 0 aliphatic heterocycles. The minimum atomic E-state index is -0.347. The highest BCUT2D eigenvalue weighted by molar-refractivity contribution is 5.68. The van der Waals surface area contributed by atoms with E-state index in [-0.39, 0.29) is 19.1 Å². The minimum absolute atomic E-state index is 0.0415. The molecule has 2 rings (SSSR count). The number of rotatable bonds is 4. The van der Waals surface area contributed by atoms with E-state index in [0.29, 0.717) is 0 Å². The zero-order valence-corrected chi connectivity index (χ0v) is 8.61. The third kappa shape index (κ3) is 2.91. The normalized spacial score (nSPS) is 10.0. The summed E-state index contributed by atoms with van der Waals surface area (Å²) in [6.45, 7) is 0.320. The minimum Gasteiger partial charge on any atom is -0.459 e. The van der Waals surface area contributed by atoms with E-state index in [1.165, 1.54) is 17.2 Å². The number of esters is 1. The number of benzene rings is 1. The van der Waals surface area contributed by atoms with E-state index in [4.69, 9.17) is 4.74 Å². The summed E-state index contributed by atoms with van der Waals surface area (Å²) in [5, 5.41) is 7.63. The Hall–Kier alpha value is -2.17. The maximum atomic E-state index is 11.4. The summed E-state index contributed by atoms with van der Waals surface area (Å²) >= 11 is 0. The van der Waals surface area contributed by atoms with E-state index in [0.717, 1.165) is 5.56 Å². The highest BCUT2D eigenvalue weighted by Gasteiger charge is 2.05. The van der Waals surface area contributed by atoms with E-state index in [1.54, 1.807) is 0 Å². The highest BCUT2D eigenvalue weighted by atomic mass is 16.5. The molecule has 0 aliphatic rings. The van der Waals surface area contributed by atoms with Crippen molar-refractivity contribution in [1.82, 2.24) is 15.0 Å². The van der Waals surface area contributed by atoms with Gasteiger partial charge in [0.15, 0.2) is 6.54 Å². The summed E-state index contributed by atoms with van der Waals surface area (Å²) in [6.07, 6.45) is 3.04. The van der Waals surface area contributed by atoms with Gasteiger partial charge in [-0.2, -0.15) is 15.0 Å².